The van der Waals surface area contributed by atoms with Gasteiger partial charge in [0.15, 0.2) is 0 Å². The van der Waals surface area contributed by atoms with E-state index in [-0.39, 0.29) is 6.04 Å². The molecule has 1 atom stereocenters. The molecule has 0 saturated carbocycles. The lowest BCUT2D eigenvalue weighted by Gasteiger charge is -2.17. The van der Waals surface area contributed by atoms with Gasteiger partial charge in [0.25, 0.3) is 0 Å². The van der Waals surface area contributed by atoms with Crippen LogP contribution in [0, 0.1) is 0 Å². The maximum atomic E-state index is 5.63. The topological polar surface area (TPSA) is 78.0 Å². The summed E-state index contributed by atoms with van der Waals surface area (Å²) in [4.78, 5) is 4.03. The number of nitrogens with one attached hydrogen (secondary N) is 1. The van der Waals surface area contributed by atoms with Crippen molar-refractivity contribution < 1.29 is 4.74 Å². The fraction of sp³-hybridized carbons (Fsp3) is 0.333. The summed E-state index contributed by atoms with van der Waals surface area (Å²) in [5.41, 5.74) is 4.90. The minimum absolute atomic E-state index is 0.0350. The van der Waals surface area contributed by atoms with Crippen molar-refractivity contribution in [3.05, 3.63) is 42.0 Å². The molecule has 6 heteroatoms. The van der Waals surface area contributed by atoms with Crippen molar-refractivity contribution in [2.24, 2.45) is 12.9 Å². The van der Waals surface area contributed by atoms with Gasteiger partial charge in [-0.3, -0.25) is 20.9 Å². The number of nitrogens with two attached hydrogens (primary N) is 1. The first-order chi connectivity index (χ1) is 8.74. The molecule has 0 spiro atoms. The van der Waals surface area contributed by atoms with Gasteiger partial charge < -0.3 is 4.74 Å². The number of ether oxygens (including phenoxy) is 1. The molecule has 6 nitrogen and oxygen atoms in total. The third-order valence-corrected chi connectivity index (χ3v) is 2.81. The summed E-state index contributed by atoms with van der Waals surface area (Å²) in [6.45, 7) is 0. The molecule has 0 fully saturated rings. The molecule has 0 aliphatic rings. The highest BCUT2D eigenvalue weighted by molar-refractivity contribution is 5.33. The van der Waals surface area contributed by atoms with Gasteiger partial charge in [0, 0.05) is 25.0 Å². The molecule has 2 rings (SSSR count). The number of hydrazine groups is 1. The van der Waals surface area contributed by atoms with Crippen LogP contribution in [0.25, 0.3) is 0 Å². The van der Waals surface area contributed by atoms with Crippen LogP contribution < -0.4 is 16.0 Å². The maximum absolute atomic E-state index is 5.63. The van der Waals surface area contributed by atoms with E-state index < -0.39 is 0 Å². The Bertz CT molecular complexity index is 511. The quantitative estimate of drug-likeness (QED) is 0.596. The molecular weight excluding hydrogens is 230 g/mol. The molecule has 0 saturated heterocycles. The van der Waals surface area contributed by atoms with Gasteiger partial charge in [-0.05, 0) is 18.1 Å². The summed E-state index contributed by atoms with van der Waals surface area (Å²) in [5, 5.41) is 4.14. The Hall–Kier alpha value is -1.92. The zero-order valence-corrected chi connectivity index (χ0v) is 10.5. The van der Waals surface area contributed by atoms with Crippen LogP contribution in [0.3, 0.4) is 0 Å². The van der Waals surface area contributed by atoms with E-state index in [1.807, 2.05) is 25.5 Å². The van der Waals surface area contributed by atoms with Gasteiger partial charge in [-0.1, -0.05) is 0 Å². The number of methoxy groups -OCH3 is 1. The zero-order valence-electron chi connectivity index (χ0n) is 10.5. The average molecular weight is 247 g/mol. The van der Waals surface area contributed by atoms with E-state index in [1.54, 1.807) is 24.2 Å². The standard InChI is InChI=1S/C12H17N5O/c1-17-8-9(6-15-17)5-11(16-13)10-3-4-14-7-12(10)18-2/h3-4,6-8,11,16H,5,13H2,1-2H3. The molecular formula is C12H17N5O. The van der Waals surface area contributed by atoms with Crippen molar-refractivity contribution in [3.8, 4) is 5.75 Å². The minimum Gasteiger partial charge on any atom is -0.495 e. The molecule has 2 aromatic heterocycles. The monoisotopic (exact) mass is 247 g/mol. The lowest BCUT2D eigenvalue weighted by atomic mass is 10.0. The third kappa shape index (κ3) is 2.66. The highest BCUT2D eigenvalue weighted by Gasteiger charge is 2.16. The van der Waals surface area contributed by atoms with E-state index in [0.717, 1.165) is 23.3 Å². The van der Waals surface area contributed by atoms with Gasteiger partial charge in [-0.15, -0.1) is 0 Å². The van der Waals surface area contributed by atoms with Crippen LogP contribution in [-0.4, -0.2) is 21.9 Å². The second kappa shape index (κ2) is 5.61. The second-order valence-corrected chi connectivity index (χ2v) is 4.06. The van der Waals surface area contributed by atoms with Crippen molar-refractivity contribution in [1.29, 1.82) is 0 Å². The first-order valence-electron chi connectivity index (χ1n) is 5.66. The summed E-state index contributed by atoms with van der Waals surface area (Å²) in [6, 6.07) is 1.87. The molecule has 3 N–H and O–H groups in total. The van der Waals surface area contributed by atoms with Crippen LogP contribution in [0.4, 0.5) is 0 Å². The lowest BCUT2D eigenvalue weighted by molar-refractivity contribution is 0.397. The number of aromatic nitrogens is 3. The van der Waals surface area contributed by atoms with Gasteiger partial charge in [0.1, 0.15) is 5.75 Å². The highest BCUT2D eigenvalue weighted by Crippen LogP contribution is 2.25. The molecule has 96 valence electrons. The summed E-state index contributed by atoms with van der Waals surface area (Å²) in [5.74, 6) is 6.36. The first-order valence-corrected chi connectivity index (χ1v) is 5.66. The largest absolute Gasteiger partial charge is 0.495 e. The Morgan fingerprint density at radius 3 is 2.94 bits per heavy atom. The maximum Gasteiger partial charge on any atom is 0.141 e. The van der Waals surface area contributed by atoms with Gasteiger partial charge >= 0.3 is 0 Å². The molecule has 0 aliphatic heterocycles. The van der Waals surface area contributed by atoms with Crippen LogP contribution in [0.15, 0.2) is 30.9 Å². The Kier molecular flexibility index (Phi) is 3.91. The highest BCUT2D eigenvalue weighted by atomic mass is 16.5. The van der Waals surface area contributed by atoms with Crippen LogP contribution in [0.5, 0.6) is 5.75 Å². The third-order valence-electron chi connectivity index (χ3n) is 2.81. The number of hydrogen-bond donors (Lipinski definition) is 2. The van der Waals surface area contributed by atoms with E-state index >= 15 is 0 Å². The van der Waals surface area contributed by atoms with Gasteiger partial charge in [0.2, 0.25) is 0 Å². The molecule has 0 bridgehead atoms. The van der Waals surface area contributed by atoms with E-state index in [4.69, 9.17) is 10.6 Å². The van der Waals surface area contributed by atoms with Crippen molar-refractivity contribution in [2.45, 2.75) is 12.5 Å². The molecule has 2 heterocycles. The van der Waals surface area contributed by atoms with E-state index in [9.17, 15) is 0 Å². The molecule has 0 aromatic carbocycles. The minimum atomic E-state index is -0.0350. The average Bonchev–Trinajstić information content (AvgIpc) is 2.81. The number of nitrogens with zero attached hydrogens (tertiary/aromatic N) is 3. The molecule has 0 radical (unpaired) electrons. The Labute approximate surface area is 106 Å². The van der Waals surface area contributed by atoms with Gasteiger partial charge in [0.05, 0.1) is 25.5 Å². The van der Waals surface area contributed by atoms with Crippen molar-refractivity contribution in [3.63, 3.8) is 0 Å². The smallest absolute Gasteiger partial charge is 0.141 e. The number of rotatable bonds is 5. The van der Waals surface area contributed by atoms with E-state index in [1.165, 1.54) is 0 Å². The Balaban J connectivity index is 2.22. The molecule has 1 unspecified atom stereocenters. The van der Waals surface area contributed by atoms with Crippen LogP contribution in [0.2, 0.25) is 0 Å². The summed E-state index contributed by atoms with van der Waals surface area (Å²) in [7, 11) is 3.51. The van der Waals surface area contributed by atoms with Crippen LogP contribution in [-0.2, 0) is 13.5 Å². The number of hydrogen-bond acceptors (Lipinski definition) is 5. The number of aryl methyl sites for hydroxylation is 1. The zero-order chi connectivity index (χ0) is 13.0. The van der Waals surface area contributed by atoms with E-state index in [0.29, 0.717) is 0 Å². The predicted octanol–water partition coefficient (Wildman–Crippen LogP) is 0.571. The van der Waals surface area contributed by atoms with E-state index in [2.05, 4.69) is 15.5 Å². The van der Waals surface area contributed by atoms with Crippen LogP contribution in [0.1, 0.15) is 17.2 Å². The van der Waals surface area contributed by atoms with Crippen molar-refractivity contribution in [2.75, 3.05) is 7.11 Å². The molecule has 0 amide bonds. The van der Waals surface area contributed by atoms with Gasteiger partial charge in [-0.25, -0.2) is 0 Å². The van der Waals surface area contributed by atoms with Crippen LogP contribution >= 0.6 is 0 Å². The lowest BCUT2D eigenvalue weighted by Crippen LogP contribution is -2.29. The first kappa shape index (κ1) is 12.5. The normalized spacial score (nSPS) is 12.4. The summed E-state index contributed by atoms with van der Waals surface area (Å²) in [6.07, 6.45) is 7.95. The number of pyridine rings is 1. The molecule has 18 heavy (non-hydrogen) atoms. The second-order valence-electron chi connectivity index (χ2n) is 4.06. The van der Waals surface area contributed by atoms with Crippen molar-refractivity contribution >= 4 is 0 Å². The van der Waals surface area contributed by atoms with Gasteiger partial charge in [-0.2, -0.15) is 5.10 Å². The molecule has 2 aromatic rings. The fourth-order valence-electron chi connectivity index (χ4n) is 1.92. The SMILES string of the molecule is COc1cnccc1C(Cc1cnn(C)c1)NN. The Morgan fingerprint density at radius 1 is 1.50 bits per heavy atom. The fourth-order valence-corrected chi connectivity index (χ4v) is 1.92. The predicted molar refractivity (Wildman–Crippen MR) is 67.8 cm³/mol. The Morgan fingerprint density at radius 2 is 2.33 bits per heavy atom. The summed E-state index contributed by atoms with van der Waals surface area (Å²) >= 11 is 0. The van der Waals surface area contributed by atoms with Crippen molar-refractivity contribution in [1.82, 2.24) is 20.2 Å². The molecule has 0 aliphatic carbocycles. The summed E-state index contributed by atoms with van der Waals surface area (Å²) < 4.78 is 7.06.